The standard InChI is InChI=1S/C19H22FN3O4/c1-12(2)16(23-18(25)15-8-5-11-27-15)19(26)22-10-9-21-17(24)13-6-3-4-7-14(13)20/h3-8,11-12,16H,9-10H2,1-2H3,(H,21,24)(H,22,26)(H,23,25). The van der Waals surface area contributed by atoms with Gasteiger partial charge in [-0.1, -0.05) is 26.0 Å². The van der Waals surface area contributed by atoms with Crippen molar-refractivity contribution in [1.82, 2.24) is 16.0 Å². The molecule has 0 spiro atoms. The fraction of sp³-hybridized carbons (Fsp3) is 0.316. The van der Waals surface area contributed by atoms with E-state index in [0.717, 1.165) is 0 Å². The highest BCUT2D eigenvalue weighted by Crippen LogP contribution is 2.06. The van der Waals surface area contributed by atoms with Crippen molar-refractivity contribution < 1.29 is 23.2 Å². The van der Waals surface area contributed by atoms with Gasteiger partial charge in [-0.15, -0.1) is 0 Å². The minimum absolute atomic E-state index is 0.0606. The molecule has 1 unspecified atom stereocenters. The minimum Gasteiger partial charge on any atom is -0.459 e. The van der Waals surface area contributed by atoms with Crippen LogP contribution < -0.4 is 16.0 Å². The minimum atomic E-state index is -0.759. The van der Waals surface area contributed by atoms with Crippen LogP contribution in [0.4, 0.5) is 4.39 Å². The zero-order valence-corrected chi connectivity index (χ0v) is 15.1. The summed E-state index contributed by atoms with van der Waals surface area (Å²) in [5, 5.41) is 7.79. The number of furan rings is 1. The molecule has 1 aromatic carbocycles. The molecule has 0 aliphatic heterocycles. The molecule has 3 N–H and O–H groups in total. The molecule has 0 radical (unpaired) electrons. The lowest BCUT2D eigenvalue weighted by molar-refractivity contribution is -0.123. The van der Waals surface area contributed by atoms with Crippen LogP contribution in [0.3, 0.4) is 0 Å². The van der Waals surface area contributed by atoms with E-state index in [1.165, 1.54) is 30.5 Å². The van der Waals surface area contributed by atoms with Gasteiger partial charge in [0, 0.05) is 13.1 Å². The Morgan fingerprint density at radius 2 is 1.70 bits per heavy atom. The molecule has 3 amide bonds. The molecule has 1 heterocycles. The van der Waals surface area contributed by atoms with Crippen LogP contribution in [0.25, 0.3) is 0 Å². The Morgan fingerprint density at radius 3 is 2.33 bits per heavy atom. The van der Waals surface area contributed by atoms with Crippen molar-refractivity contribution in [1.29, 1.82) is 0 Å². The van der Waals surface area contributed by atoms with Crippen LogP contribution in [0.15, 0.2) is 47.1 Å². The summed E-state index contributed by atoms with van der Waals surface area (Å²) in [5.74, 6) is -2.08. The molecule has 0 saturated heterocycles. The molecule has 8 heteroatoms. The number of hydrogen-bond acceptors (Lipinski definition) is 4. The Balaban J connectivity index is 1.81. The van der Waals surface area contributed by atoms with E-state index in [1.54, 1.807) is 26.0 Å². The molecule has 27 heavy (non-hydrogen) atoms. The van der Waals surface area contributed by atoms with Crippen LogP contribution >= 0.6 is 0 Å². The first kappa shape index (κ1) is 20.2. The van der Waals surface area contributed by atoms with Gasteiger partial charge in [0.15, 0.2) is 5.76 Å². The van der Waals surface area contributed by atoms with E-state index in [-0.39, 0.29) is 36.2 Å². The van der Waals surface area contributed by atoms with Gasteiger partial charge in [0.25, 0.3) is 11.8 Å². The first-order chi connectivity index (χ1) is 12.9. The van der Waals surface area contributed by atoms with Crippen LogP contribution in [-0.4, -0.2) is 36.9 Å². The lowest BCUT2D eigenvalue weighted by atomic mass is 10.0. The molecular weight excluding hydrogens is 353 g/mol. The Labute approximate surface area is 156 Å². The number of amides is 3. The first-order valence-electron chi connectivity index (χ1n) is 8.55. The molecule has 0 fully saturated rings. The second kappa shape index (κ2) is 9.51. The number of rotatable bonds is 8. The van der Waals surface area contributed by atoms with E-state index in [1.807, 2.05) is 0 Å². The predicted molar refractivity (Wildman–Crippen MR) is 96.5 cm³/mol. The van der Waals surface area contributed by atoms with E-state index in [0.29, 0.717) is 0 Å². The third-order valence-electron chi connectivity index (χ3n) is 3.81. The maximum atomic E-state index is 13.5. The molecule has 0 bridgehead atoms. The quantitative estimate of drug-likeness (QED) is 0.612. The largest absolute Gasteiger partial charge is 0.459 e. The van der Waals surface area contributed by atoms with Gasteiger partial charge in [-0.3, -0.25) is 14.4 Å². The molecule has 2 rings (SSSR count). The zero-order valence-electron chi connectivity index (χ0n) is 15.1. The topological polar surface area (TPSA) is 100 Å². The van der Waals surface area contributed by atoms with Crippen molar-refractivity contribution in [2.24, 2.45) is 5.92 Å². The number of benzene rings is 1. The van der Waals surface area contributed by atoms with Crippen molar-refractivity contribution in [3.05, 3.63) is 59.8 Å². The summed E-state index contributed by atoms with van der Waals surface area (Å²) in [4.78, 5) is 36.3. The number of hydrogen-bond donors (Lipinski definition) is 3. The van der Waals surface area contributed by atoms with Gasteiger partial charge in [0.2, 0.25) is 5.91 Å². The Bertz CT molecular complexity index is 790. The zero-order chi connectivity index (χ0) is 19.8. The average Bonchev–Trinajstić information content (AvgIpc) is 3.17. The van der Waals surface area contributed by atoms with E-state index in [9.17, 15) is 18.8 Å². The van der Waals surface area contributed by atoms with Crippen LogP contribution in [0, 0.1) is 11.7 Å². The summed E-state index contributed by atoms with van der Waals surface area (Å²) in [7, 11) is 0. The third kappa shape index (κ3) is 5.67. The van der Waals surface area contributed by atoms with E-state index in [2.05, 4.69) is 16.0 Å². The van der Waals surface area contributed by atoms with Crippen LogP contribution in [0.1, 0.15) is 34.8 Å². The average molecular weight is 375 g/mol. The van der Waals surface area contributed by atoms with Gasteiger partial charge in [-0.05, 0) is 30.2 Å². The van der Waals surface area contributed by atoms with Crippen LogP contribution in [-0.2, 0) is 4.79 Å². The van der Waals surface area contributed by atoms with Gasteiger partial charge < -0.3 is 20.4 Å². The molecule has 0 saturated carbocycles. The summed E-state index contributed by atoms with van der Waals surface area (Å²) < 4.78 is 18.5. The van der Waals surface area contributed by atoms with E-state index >= 15 is 0 Å². The van der Waals surface area contributed by atoms with Gasteiger partial charge in [-0.2, -0.15) is 0 Å². The number of nitrogens with one attached hydrogen (secondary N) is 3. The lowest BCUT2D eigenvalue weighted by Crippen LogP contribution is -2.50. The smallest absolute Gasteiger partial charge is 0.287 e. The van der Waals surface area contributed by atoms with Crippen molar-refractivity contribution in [3.63, 3.8) is 0 Å². The molecule has 2 aromatic rings. The fourth-order valence-corrected chi connectivity index (χ4v) is 2.37. The van der Waals surface area contributed by atoms with E-state index < -0.39 is 23.7 Å². The number of carbonyl (C=O) groups is 3. The van der Waals surface area contributed by atoms with Crippen molar-refractivity contribution in [3.8, 4) is 0 Å². The molecule has 1 atom stereocenters. The summed E-state index contributed by atoms with van der Waals surface area (Å²) in [6.07, 6.45) is 1.37. The first-order valence-corrected chi connectivity index (χ1v) is 8.55. The Morgan fingerprint density at radius 1 is 1.00 bits per heavy atom. The summed E-state index contributed by atoms with van der Waals surface area (Å²) in [5.41, 5.74) is -0.0606. The fourth-order valence-electron chi connectivity index (χ4n) is 2.37. The van der Waals surface area contributed by atoms with Crippen molar-refractivity contribution >= 4 is 17.7 Å². The highest BCUT2D eigenvalue weighted by Gasteiger charge is 2.25. The normalized spacial score (nSPS) is 11.7. The van der Waals surface area contributed by atoms with Gasteiger partial charge in [-0.25, -0.2) is 4.39 Å². The highest BCUT2D eigenvalue weighted by molar-refractivity contribution is 5.96. The number of carbonyl (C=O) groups excluding carboxylic acids is 3. The predicted octanol–water partition coefficient (Wildman–Crippen LogP) is 1.72. The van der Waals surface area contributed by atoms with Gasteiger partial charge in [0.05, 0.1) is 11.8 Å². The second-order valence-electron chi connectivity index (χ2n) is 6.20. The molecule has 7 nitrogen and oxygen atoms in total. The third-order valence-corrected chi connectivity index (χ3v) is 3.81. The molecular formula is C19H22FN3O4. The SMILES string of the molecule is CC(C)C(NC(=O)c1ccco1)C(=O)NCCNC(=O)c1ccccc1F. The maximum absolute atomic E-state index is 13.5. The summed E-state index contributed by atoms with van der Waals surface area (Å²) in [6, 6.07) is 7.96. The monoisotopic (exact) mass is 375 g/mol. The number of halogens is 1. The van der Waals surface area contributed by atoms with Crippen molar-refractivity contribution in [2.45, 2.75) is 19.9 Å². The Hall–Kier alpha value is -3.16. The Kier molecular flexibility index (Phi) is 7.10. The van der Waals surface area contributed by atoms with Crippen LogP contribution in [0.5, 0.6) is 0 Å². The molecule has 1 aromatic heterocycles. The van der Waals surface area contributed by atoms with Crippen LogP contribution in [0.2, 0.25) is 0 Å². The molecule has 144 valence electrons. The van der Waals surface area contributed by atoms with E-state index in [4.69, 9.17) is 4.42 Å². The molecule has 0 aliphatic carbocycles. The highest BCUT2D eigenvalue weighted by atomic mass is 19.1. The van der Waals surface area contributed by atoms with Gasteiger partial charge in [0.1, 0.15) is 11.9 Å². The summed E-state index contributed by atoms with van der Waals surface area (Å²) >= 11 is 0. The summed E-state index contributed by atoms with van der Waals surface area (Å²) in [6.45, 7) is 3.86. The lowest BCUT2D eigenvalue weighted by Gasteiger charge is -2.21. The maximum Gasteiger partial charge on any atom is 0.287 e. The second-order valence-corrected chi connectivity index (χ2v) is 6.20. The van der Waals surface area contributed by atoms with Gasteiger partial charge >= 0.3 is 0 Å². The van der Waals surface area contributed by atoms with Crippen molar-refractivity contribution in [2.75, 3.05) is 13.1 Å². The molecule has 0 aliphatic rings.